The Hall–Kier alpha value is -0.770. The summed E-state index contributed by atoms with van der Waals surface area (Å²) in [6.45, 7) is 7.10. The number of hydrogen-bond acceptors (Lipinski definition) is 1. The molecule has 4 heteroatoms. The van der Waals surface area contributed by atoms with Crippen molar-refractivity contribution in [1.29, 1.82) is 0 Å². The molecule has 1 atom stereocenters. The van der Waals surface area contributed by atoms with Crippen LogP contribution >= 0.6 is 15.9 Å². The van der Waals surface area contributed by atoms with Crippen molar-refractivity contribution in [3.05, 3.63) is 22.4 Å². The van der Waals surface area contributed by atoms with E-state index < -0.39 is 0 Å². The maximum Gasteiger partial charge on any atom is 0.270 e. The van der Waals surface area contributed by atoms with Crippen LogP contribution in [0.5, 0.6) is 0 Å². The van der Waals surface area contributed by atoms with Gasteiger partial charge < -0.3 is 9.47 Å². The Balaban J connectivity index is 2.07. The van der Waals surface area contributed by atoms with Crippen molar-refractivity contribution in [2.24, 2.45) is 5.92 Å². The van der Waals surface area contributed by atoms with E-state index in [1.807, 2.05) is 17.2 Å². The highest BCUT2D eigenvalue weighted by Gasteiger charge is 2.27. The third kappa shape index (κ3) is 3.41. The fourth-order valence-electron chi connectivity index (χ4n) is 2.90. The molecule has 1 aliphatic heterocycles. The van der Waals surface area contributed by atoms with Gasteiger partial charge in [-0.2, -0.15) is 0 Å². The molecule has 0 saturated carbocycles. The van der Waals surface area contributed by atoms with Crippen molar-refractivity contribution in [3.8, 4) is 0 Å². The number of carbonyl (C=O) groups excluding carboxylic acids is 1. The summed E-state index contributed by atoms with van der Waals surface area (Å²) in [5, 5.41) is 0. The molecule has 19 heavy (non-hydrogen) atoms. The van der Waals surface area contributed by atoms with Crippen molar-refractivity contribution in [2.75, 3.05) is 13.1 Å². The van der Waals surface area contributed by atoms with Gasteiger partial charge in [-0.15, -0.1) is 0 Å². The van der Waals surface area contributed by atoms with Gasteiger partial charge in [0.05, 0.1) is 0 Å². The van der Waals surface area contributed by atoms with Gasteiger partial charge in [-0.05, 0) is 47.2 Å². The molecule has 1 amide bonds. The zero-order chi connectivity index (χ0) is 13.8. The number of hydrogen-bond donors (Lipinski definition) is 0. The van der Waals surface area contributed by atoms with Crippen LogP contribution in [-0.4, -0.2) is 28.5 Å². The van der Waals surface area contributed by atoms with Crippen molar-refractivity contribution in [3.63, 3.8) is 0 Å². The average molecular weight is 327 g/mol. The van der Waals surface area contributed by atoms with Gasteiger partial charge in [-0.1, -0.05) is 20.3 Å². The fourth-order valence-corrected chi connectivity index (χ4v) is 3.37. The van der Waals surface area contributed by atoms with E-state index in [-0.39, 0.29) is 5.91 Å². The average Bonchev–Trinajstić information content (AvgIpc) is 2.97. The molecule has 3 nitrogen and oxygen atoms in total. The van der Waals surface area contributed by atoms with Gasteiger partial charge in [0.2, 0.25) is 0 Å². The Bertz CT molecular complexity index is 441. The summed E-state index contributed by atoms with van der Waals surface area (Å²) in [7, 11) is 0. The summed E-state index contributed by atoms with van der Waals surface area (Å²) in [5.41, 5.74) is 0.825. The lowest BCUT2D eigenvalue weighted by Gasteiger charge is -2.17. The van der Waals surface area contributed by atoms with Crippen LogP contribution in [-0.2, 0) is 6.54 Å². The fraction of sp³-hybridized carbons (Fsp3) is 0.667. The Morgan fingerprint density at radius 3 is 2.89 bits per heavy atom. The molecule has 0 N–H and O–H groups in total. The van der Waals surface area contributed by atoms with E-state index in [4.69, 9.17) is 0 Å². The van der Waals surface area contributed by atoms with Crippen molar-refractivity contribution in [1.82, 2.24) is 9.47 Å². The maximum atomic E-state index is 12.6. The van der Waals surface area contributed by atoms with Gasteiger partial charge in [-0.3, -0.25) is 4.79 Å². The largest absolute Gasteiger partial charge is 0.342 e. The Morgan fingerprint density at radius 2 is 2.21 bits per heavy atom. The second kappa shape index (κ2) is 6.60. The molecule has 106 valence electrons. The Labute approximate surface area is 124 Å². The van der Waals surface area contributed by atoms with Gasteiger partial charge in [0.15, 0.2) is 0 Å². The molecule has 0 bridgehead atoms. The van der Waals surface area contributed by atoms with Gasteiger partial charge >= 0.3 is 0 Å². The third-order valence-corrected chi connectivity index (χ3v) is 4.25. The van der Waals surface area contributed by atoms with Crippen LogP contribution in [0.1, 0.15) is 50.0 Å². The summed E-state index contributed by atoms with van der Waals surface area (Å²) in [6, 6.07) is 1.95. The van der Waals surface area contributed by atoms with Crippen LogP contribution < -0.4 is 0 Å². The molecule has 1 fully saturated rings. The van der Waals surface area contributed by atoms with Crippen molar-refractivity contribution < 1.29 is 4.79 Å². The van der Waals surface area contributed by atoms with E-state index in [1.54, 1.807) is 0 Å². The highest BCUT2D eigenvalue weighted by atomic mass is 79.9. The molecule has 1 aromatic heterocycles. The van der Waals surface area contributed by atoms with E-state index in [2.05, 4.69) is 34.3 Å². The molecule has 2 rings (SSSR count). The molecule has 1 saturated heterocycles. The monoisotopic (exact) mass is 326 g/mol. The minimum atomic E-state index is 0.192. The maximum absolute atomic E-state index is 12.6. The standard InChI is InChI=1S/C15H23BrN2O/c1-3-5-12-6-8-18(10-12)15(19)14-9-13(16)11-17(14)7-4-2/h9,11-12H,3-8,10H2,1-2H3. The molecular formula is C15H23BrN2O. The molecule has 0 radical (unpaired) electrons. The van der Waals surface area contributed by atoms with Crippen molar-refractivity contribution >= 4 is 21.8 Å². The summed E-state index contributed by atoms with van der Waals surface area (Å²) < 4.78 is 3.06. The van der Waals surface area contributed by atoms with E-state index >= 15 is 0 Å². The molecule has 0 aromatic carbocycles. The van der Waals surface area contributed by atoms with E-state index in [1.165, 1.54) is 12.8 Å². The SMILES string of the molecule is CCCC1CCN(C(=O)c2cc(Br)cn2CCC)C1. The van der Waals surface area contributed by atoms with Crippen LogP contribution in [0, 0.1) is 5.92 Å². The molecule has 1 unspecified atom stereocenters. The predicted molar refractivity (Wildman–Crippen MR) is 81.3 cm³/mol. The zero-order valence-corrected chi connectivity index (χ0v) is 13.4. The van der Waals surface area contributed by atoms with Crippen LogP contribution in [0.4, 0.5) is 0 Å². The first kappa shape index (κ1) is 14.6. The minimum Gasteiger partial charge on any atom is -0.342 e. The summed E-state index contributed by atoms with van der Waals surface area (Å²) >= 11 is 3.48. The van der Waals surface area contributed by atoms with Crippen LogP contribution in [0.15, 0.2) is 16.7 Å². The number of rotatable bonds is 5. The van der Waals surface area contributed by atoms with Crippen LogP contribution in [0.3, 0.4) is 0 Å². The number of carbonyl (C=O) groups is 1. The summed E-state index contributed by atoms with van der Waals surface area (Å²) in [4.78, 5) is 14.6. The second-order valence-corrected chi connectivity index (χ2v) is 6.35. The normalized spacial score (nSPS) is 19.1. The summed E-state index contributed by atoms with van der Waals surface area (Å²) in [5.74, 6) is 0.893. The topological polar surface area (TPSA) is 25.2 Å². The first-order chi connectivity index (χ1) is 9.15. The smallest absolute Gasteiger partial charge is 0.270 e. The van der Waals surface area contributed by atoms with Crippen LogP contribution in [0.25, 0.3) is 0 Å². The number of halogens is 1. The number of aromatic nitrogens is 1. The molecular weight excluding hydrogens is 304 g/mol. The molecule has 2 heterocycles. The molecule has 1 aromatic rings. The van der Waals surface area contributed by atoms with Gasteiger partial charge in [0, 0.05) is 30.3 Å². The second-order valence-electron chi connectivity index (χ2n) is 5.43. The van der Waals surface area contributed by atoms with Gasteiger partial charge in [-0.25, -0.2) is 0 Å². The van der Waals surface area contributed by atoms with Crippen LogP contribution in [0.2, 0.25) is 0 Å². The first-order valence-electron chi connectivity index (χ1n) is 7.30. The number of aryl methyl sites for hydroxylation is 1. The highest BCUT2D eigenvalue weighted by molar-refractivity contribution is 9.10. The highest BCUT2D eigenvalue weighted by Crippen LogP contribution is 2.24. The molecule has 0 spiro atoms. The predicted octanol–water partition coefficient (Wildman–Crippen LogP) is 3.92. The number of amides is 1. The molecule has 0 aliphatic carbocycles. The lowest BCUT2D eigenvalue weighted by molar-refractivity contribution is 0.0775. The number of likely N-dealkylation sites (tertiary alicyclic amines) is 1. The Morgan fingerprint density at radius 1 is 1.42 bits per heavy atom. The van der Waals surface area contributed by atoms with E-state index in [0.717, 1.165) is 42.6 Å². The zero-order valence-electron chi connectivity index (χ0n) is 11.9. The van der Waals surface area contributed by atoms with E-state index in [9.17, 15) is 4.79 Å². The Kier molecular flexibility index (Phi) is 5.08. The van der Waals surface area contributed by atoms with Gasteiger partial charge in [0.1, 0.15) is 5.69 Å². The third-order valence-electron chi connectivity index (χ3n) is 3.82. The lowest BCUT2D eigenvalue weighted by Crippen LogP contribution is -2.30. The van der Waals surface area contributed by atoms with Gasteiger partial charge in [0.25, 0.3) is 5.91 Å². The first-order valence-corrected chi connectivity index (χ1v) is 8.10. The van der Waals surface area contributed by atoms with E-state index in [0.29, 0.717) is 5.92 Å². The number of nitrogens with zero attached hydrogens (tertiary/aromatic N) is 2. The minimum absolute atomic E-state index is 0.192. The quantitative estimate of drug-likeness (QED) is 0.805. The lowest BCUT2D eigenvalue weighted by atomic mass is 10.0. The molecule has 1 aliphatic rings. The summed E-state index contributed by atoms with van der Waals surface area (Å²) in [6.07, 6.45) is 6.67. The van der Waals surface area contributed by atoms with Crippen molar-refractivity contribution in [2.45, 2.75) is 46.1 Å².